The van der Waals surface area contributed by atoms with Crippen LogP contribution in [0.4, 0.5) is 0 Å². The van der Waals surface area contributed by atoms with E-state index in [0.29, 0.717) is 11.6 Å². The zero-order chi connectivity index (χ0) is 10.8. The molecule has 15 heavy (non-hydrogen) atoms. The number of aromatic nitrogens is 2. The summed E-state index contributed by atoms with van der Waals surface area (Å²) in [5.41, 5.74) is 8.87. The van der Waals surface area contributed by atoms with E-state index < -0.39 is 0 Å². The van der Waals surface area contributed by atoms with Crippen LogP contribution in [0.25, 0.3) is 11.1 Å². The zero-order valence-electron chi connectivity index (χ0n) is 8.44. The van der Waals surface area contributed by atoms with E-state index in [4.69, 9.17) is 17.3 Å². The number of nitrogens with two attached hydrogens (primary N) is 1. The van der Waals surface area contributed by atoms with E-state index in [0.717, 1.165) is 16.7 Å². The Morgan fingerprint density at radius 3 is 2.87 bits per heavy atom. The van der Waals surface area contributed by atoms with Crippen molar-refractivity contribution in [3.8, 4) is 11.1 Å². The van der Waals surface area contributed by atoms with Gasteiger partial charge in [-0.15, -0.1) is 0 Å². The Balaban J connectivity index is 2.52. The van der Waals surface area contributed by atoms with Gasteiger partial charge in [-0.3, -0.25) is 4.68 Å². The highest BCUT2D eigenvalue weighted by molar-refractivity contribution is 6.30. The van der Waals surface area contributed by atoms with Crippen LogP contribution in [0.5, 0.6) is 0 Å². The van der Waals surface area contributed by atoms with Gasteiger partial charge in [-0.25, -0.2) is 0 Å². The van der Waals surface area contributed by atoms with Crippen molar-refractivity contribution in [1.82, 2.24) is 9.78 Å². The van der Waals surface area contributed by atoms with Crippen LogP contribution in [0.15, 0.2) is 30.6 Å². The Morgan fingerprint density at radius 2 is 2.27 bits per heavy atom. The highest BCUT2D eigenvalue weighted by Gasteiger charge is 2.06. The first kappa shape index (κ1) is 10.2. The molecule has 0 radical (unpaired) electrons. The molecule has 1 heterocycles. The smallest absolute Gasteiger partial charge is 0.0568 e. The number of hydrogen-bond acceptors (Lipinski definition) is 2. The lowest BCUT2D eigenvalue weighted by Crippen LogP contribution is -1.98. The lowest BCUT2D eigenvalue weighted by molar-refractivity contribution is 0.768. The number of nitrogens with zero attached hydrogens (tertiary/aromatic N) is 2. The normalized spacial score (nSPS) is 10.6. The van der Waals surface area contributed by atoms with E-state index in [2.05, 4.69) is 5.10 Å². The monoisotopic (exact) mass is 221 g/mol. The van der Waals surface area contributed by atoms with Crippen LogP contribution in [0.1, 0.15) is 5.56 Å². The van der Waals surface area contributed by atoms with Gasteiger partial charge >= 0.3 is 0 Å². The number of halogens is 1. The molecule has 4 heteroatoms. The molecule has 1 aromatic heterocycles. The van der Waals surface area contributed by atoms with Crippen molar-refractivity contribution < 1.29 is 0 Å². The van der Waals surface area contributed by atoms with E-state index in [1.807, 2.05) is 37.6 Å². The van der Waals surface area contributed by atoms with Crippen LogP contribution >= 0.6 is 11.6 Å². The molecular formula is C11H12ClN3. The Hall–Kier alpha value is -1.32. The quantitative estimate of drug-likeness (QED) is 0.845. The van der Waals surface area contributed by atoms with Crippen molar-refractivity contribution in [3.05, 3.63) is 41.2 Å². The molecule has 0 aliphatic rings. The van der Waals surface area contributed by atoms with Gasteiger partial charge in [0.25, 0.3) is 0 Å². The fraction of sp³-hybridized carbons (Fsp3) is 0.182. The highest BCUT2D eigenvalue weighted by atomic mass is 35.5. The minimum atomic E-state index is 0.477. The average molecular weight is 222 g/mol. The first-order chi connectivity index (χ1) is 7.20. The average Bonchev–Trinajstić information content (AvgIpc) is 2.64. The summed E-state index contributed by atoms with van der Waals surface area (Å²) in [5.74, 6) is 0. The molecule has 2 N–H and O–H groups in total. The third-order valence-electron chi connectivity index (χ3n) is 2.30. The van der Waals surface area contributed by atoms with E-state index in [1.165, 1.54) is 0 Å². The summed E-state index contributed by atoms with van der Waals surface area (Å²) in [4.78, 5) is 0. The second kappa shape index (κ2) is 4.04. The summed E-state index contributed by atoms with van der Waals surface area (Å²) < 4.78 is 1.77. The van der Waals surface area contributed by atoms with Crippen molar-refractivity contribution in [2.45, 2.75) is 6.54 Å². The lowest BCUT2D eigenvalue weighted by atomic mass is 10.0. The van der Waals surface area contributed by atoms with Gasteiger partial charge in [0.2, 0.25) is 0 Å². The van der Waals surface area contributed by atoms with E-state index in [9.17, 15) is 0 Å². The minimum absolute atomic E-state index is 0.477. The fourth-order valence-electron chi connectivity index (χ4n) is 1.57. The molecule has 0 bridgehead atoms. The molecule has 0 saturated carbocycles. The second-order valence-corrected chi connectivity index (χ2v) is 3.84. The molecular weight excluding hydrogens is 210 g/mol. The van der Waals surface area contributed by atoms with Gasteiger partial charge in [-0.2, -0.15) is 5.10 Å². The summed E-state index contributed by atoms with van der Waals surface area (Å²) in [7, 11) is 1.89. The zero-order valence-corrected chi connectivity index (χ0v) is 9.20. The molecule has 1 aromatic carbocycles. The Kier molecular flexibility index (Phi) is 2.75. The van der Waals surface area contributed by atoms with Crippen molar-refractivity contribution in [2.24, 2.45) is 12.8 Å². The minimum Gasteiger partial charge on any atom is -0.326 e. The van der Waals surface area contributed by atoms with Crippen LogP contribution in [0.2, 0.25) is 5.02 Å². The van der Waals surface area contributed by atoms with Crippen LogP contribution in [-0.2, 0) is 13.6 Å². The Morgan fingerprint density at radius 1 is 1.47 bits per heavy atom. The van der Waals surface area contributed by atoms with Crippen LogP contribution in [-0.4, -0.2) is 9.78 Å². The maximum absolute atomic E-state index is 5.91. The molecule has 0 amide bonds. The van der Waals surface area contributed by atoms with Gasteiger partial charge in [0, 0.05) is 30.4 Å². The summed E-state index contributed by atoms with van der Waals surface area (Å²) in [5, 5.41) is 4.84. The largest absolute Gasteiger partial charge is 0.326 e. The van der Waals surface area contributed by atoms with E-state index in [1.54, 1.807) is 4.68 Å². The predicted octanol–water partition coefficient (Wildman–Crippen LogP) is 2.20. The maximum atomic E-state index is 5.91. The van der Waals surface area contributed by atoms with Crippen molar-refractivity contribution in [2.75, 3.05) is 0 Å². The number of rotatable bonds is 2. The van der Waals surface area contributed by atoms with Gasteiger partial charge in [0.05, 0.1) is 6.20 Å². The molecule has 0 unspecified atom stereocenters. The molecule has 0 spiro atoms. The molecule has 0 aliphatic heterocycles. The lowest BCUT2D eigenvalue weighted by Gasteiger charge is -2.05. The van der Waals surface area contributed by atoms with Gasteiger partial charge in [-0.1, -0.05) is 17.7 Å². The Labute approximate surface area is 93.5 Å². The summed E-state index contributed by atoms with van der Waals surface area (Å²) in [6.45, 7) is 0.477. The first-order valence-corrected chi connectivity index (χ1v) is 5.06. The summed E-state index contributed by atoms with van der Waals surface area (Å²) in [6.07, 6.45) is 3.78. The molecule has 78 valence electrons. The highest BCUT2D eigenvalue weighted by Crippen LogP contribution is 2.25. The second-order valence-electron chi connectivity index (χ2n) is 3.41. The Bertz CT molecular complexity index is 476. The van der Waals surface area contributed by atoms with Crippen molar-refractivity contribution in [1.29, 1.82) is 0 Å². The molecule has 0 aliphatic carbocycles. The van der Waals surface area contributed by atoms with Gasteiger partial charge in [0.1, 0.15) is 0 Å². The number of benzene rings is 1. The van der Waals surface area contributed by atoms with Crippen molar-refractivity contribution >= 4 is 11.6 Å². The fourth-order valence-corrected chi connectivity index (χ4v) is 1.77. The van der Waals surface area contributed by atoms with E-state index in [-0.39, 0.29) is 0 Å². The summed E-state index contributed by atoms with van der Waals surface area (Å²) in [6, 6.07) is 5.73. The third kappa shape index (κ3) is 2.03. The molecule has 2 rings (SSSR count). The molecule has 0 saturated heterocycles. The van der Waals surface area contributed by atoms with E-state index >= 15 is 0 Å². The van der Waals surface area contributed by atoms with Gasteiger partial charge in [0.15, 0.2) is 0 Å². The maximum Gasteiger partial charge on any atom is 0.0568 e. The molecule has 3 nitrogen and oxygen atoms in total. The number of hydrogen-bond donors (Lipinski definition) is 1. The first-order valence-electron chi connectivity index (χ1n) is 4.68. The predicted molar refractivity (Wildman–Crippen MR) is 61.5 cm³/mol. The standard InChI is InChI=1S/C11H12ClN3/c1-15-7-9(6-14-15)11-3-2-10(12)4-8(11)5-13/h2-4,6-7H,5,13H2,1H3. The van der Waals surface area contributed by atoms with Gasteiger partial charge in [-0.05, 0) is 23.3 Å². The van der Waals surface area contributed by atoms with Crippen LogP contribution in [0.3, 0.4) is 0 Å². The molecule has 2 aromatic rings. The molecule has 0 atom stereocenters. The van der Waals surface area contributed by atoms with Crippen molar-refractivity contribution in [3.63, 3.8) is 0 Å². The topological polar surface area (TPSA) is 43.8 Å². The molecule has 0 fully saturated rings. The van der Waals surface area contributed by atoms with Crippen LogP contribution in [0, 0.1) is 0 Å². The van der Waals surface area contributed by atoms with Gasteiger partial charge < -0.3 is 5.73 Å². The summed E-state index contributed by atoms with van der Waals surface area (Å²) >= 11 is 5.91. The third-order valence-corrected chi connectivity index (χ3v) is 2.54. The number of aryl methyl sites for hydroxylation is 1. The van der Waals surface area contributed by atoms with Crippen LogP contribution < -0.4 is 5.73 Å². The SMILES string of the molecule is Cn1cc(-c2ccc(Cl)cc2CN)cn1.